The van der Waals surface area contributed by atoms with E-state index in [1.54, 1.807) is 69.2 Å². The summed E-state index contributed by atoms with van der Waals surface area (Å²) in [6.45, 7) is 19.1. The van der Waals surface area contributed by atoms with Crippen molar-refractivity contribution in [1.82, 2.24) is 9.80 Å². The van der Waals surface area contributed by atoms with Crippen LogP contribution in [0, 0.1) is 0 Å². The van der Waals surface area contributed by atoms with Crippen molar-refractivity contribution in [3.63, 3.8) is 0 Å². The second-order valence-electron chi connectivity index (χ2n) is 22.3. The molecule has 19 heteroatoms. The Morgan fingerprint density at radius 1 is 0.427 bits per heavy atom. The van der Waals surface area contributed by atoms with E-state index < -0.39 is 93.7 Å². The molecule has 0 aliphatic rings. The van der Waals surface area contributed by atoms with Crippen LogP contribution in [0.3, 0.4) is 0 Å². The molecule has 75 heavy (non-hydrogen) atoms. The van der Waals surface area contributed by atoms with Crippen LogP contribution in [0.1, 0.15) is 250 Å². The topological polar surface area (TPSA) is 220 Å². The fourth-order valence-corrected chi connectivity index (χ4v) is 8.47. The molecule has 0 radical (unpaired) electrons. The normalized spacial score (nSPS) is 13.4. The largest absolute Gasteiger partial charge is 0.472 e. The quantitative estimate of drug-likeness (QED) is 0.0259. The van der Waals surface area contributed by atoms with Crippen molar-refractivity contribution in [1.29, 1.82) is 0 Å². The maximum absolute atomic E-state index is 13.4. The van der Waals surface area contributed by atoms with E-state index >= 15 is 0 Å². The molecule has 1 N–H and O–H groups in total. The number of carbonyl (C=O) groups is 6. The Balaban J connectivity index is 5.83. The van der Waals surface area contributed by atoms with Gasteiger partial charge in [0.15, 0.2) is 12.2 Å². The number of ether oxygens (including phenoxy) is 6. The lowest BCUT2D eigenvalue weighted by molar-refractivity contribution is -0.162. The van der Waals surface area contributed by atoms with E-state index in [2.05, 4.69) is 13.8 Å². The van der Waals surface area contributed by atoms with E-state index in [-0.39, 0.29) is 50.9 Å². The van der Waals surface area contributed by atoms with Gasteiger partial charge in [-0.3, -0.25) is 28.2 Å². The van der Waals surface area contributed by atoms with Crippen molar-refractivity contribution in [3.05, 3.63) is 0 Å². The summed E-state index contributed by atoms with van der Waals surface area (Å²) in [7, 11) is -5.00. The van der Waals surface area contributed by atoms with Gasteiger partial charge in [-0.2, -0.15) is 0 Å². The van der Waals surface area contributed by atoms with Crippen LogP contribution in [0.15, 0.2) is 0 Å². The van der Waals surface area contributed by atoms with Crippen molar-refractivity contribution < 1.29 is 75.7 Å². The van der Waals surface area contributed by atoms with Gasteiger partial charge < -0.3 is 43.1 Å². The van der Waals surface area contributed by atoms with Crippen molar-refractivity contribution in [2.24, 2.45) is 0 Å². The number of esters is 4. The predicted octanol–water partition coefficient (Wildman–Crippen LogP) is 13.5. The molecule has 0 aliphatic carbocycles. The maximum Gasteiger partial charge on any atom is 0.472 e. The van der Waals surface area contributed by atoms with Gasteiger partial charge in [0, 0.05) is 38.0 Å². The summed E-state index contributed by atoms with van der Waals surface area (Å²) in [5, 5.41) is 0. The van der Waals surface area contributed by atoms with Gasteiger partial charge in [-0.15, -0.1) is 0 Å². The molecule has 0 saturated carbocycles. The Kier molecular flexibility index (Phi) is 39.7. The van der Waals surface area contributed by atoms with E-state index in [0.717, 1.165) is 44.9 Å². The summed E-state index contributed by atoms with van der Waals surface area (Å²) in [5.74, 6) is -2.70. The van der Waals surface area contributed by atoms with Crippen molar-refractivity contribution in [2.75, 3.05) is 39.5 Å². The molecule has 2 amide bonds. The average molecular weight is 1090 g/mol. The standard InChI is InChI=1S/C56H105N2O16P/c1-13-15-17-19-21-23-25-27-29-31-33-35-49(59)67-41-47(71-51(61)36-34-32-30-28-26-24-22-20-18-16-14-2)43-69-75(65,66)70-44-48(72-52(62)38-40-58(46(5)6)54(64)74-56(10,11)12)42-68-50(60)37-39-57(45(3)4)53(63)73-55(7,8)9/h45-48H,13-44H2,1-12H3,(H,65,66). The number of hydrogen-bond acceptors (Lipinski definition) is 15. The summed E-state index contributed by atoms with van der Waals surface area (Å²) in [6, 6.07) is -0.662. The van der Waals surface area contributed by atoms with E-state index in [1.807, 2.05) is 0 Å². The zero-order valence-corrected chi connectivity index (χ0v) is 49.7. The maximum atomic E-state index is 13.4. The molecule has 3 atom stereocenters. The average Bonchev–Trinajstić information content (AvgIpc) is 3.30. The molecule has 0 aromatic rings. The van der Waals surface area contributed by atoms with Gasteiger partial charge in [0.1, 0.15) is 24.4 Å². The van der Waals surface area contributed by atoms with E-state index in [0.29, 0.717) is 12.8 Å². The van der Waals surface area contributed by atoms with Crippen LogP contribution in [-0.4, -0.2) is 126 Å². The van der Waals surface area contributed by atoms with Crippen LogP contribution in [0.25, 0.3) is 0 Å². The highest BCUT2D eigenvalue weighted by molar-refractivity contribution is 7.47. The molecule has 0 rings (SSSR count). The molecule has 0 spiro atoms. The van der Waals surface area contributed by atoms with Gasteiger partial charge in [0.2, 0.25) is 0 Å². The molecule has 0 aromatic heterocycles. The van der Waals surface area contributed by atoms with Gasteiger partial charge in [-0.1, -0.05) is 142 Å². The highest BCUT2D eigenvalue weighted by Gasteiger charge is 2.31. The number of unbranched alkanes of at least 4 members (excludes halogenated alkanes) is 20. The molecule has 0 saturated heterocycles. The van der Waals surface area contributed by atoms with Crippen LogP contribution in [0.4, 0.5) is 9.59 Å². The highest BCUT2D eigenvalue weighted by Crippen LogP contribution is 2.43. The lowest BCUT2D eigenvalue weighted by Crippen LogP contribution is -2.42. The Morgan fingerprint density at radius 3 is 1.03 bits per heavy atom. The SMILES string of the molecule is CCCCCCCCCCCCCC(=O)OCC(COP(=O)(O)OCC(COC(=O)CCN(C(=O)OC(C)(C)C)C(C)C)OC(=O)CCN(C(=O)OC(C)(C)C)C(C)C)OC(=O)CCCCCCCCCCCCC. The highest BCUT2D eigenvalue weighted by atomic mass is 31.2. The second kappa shape index (κ2) is 41.6. The first kappa shape index (κ1) is 71.5. The summed E-state index contributed by atoms with van der Waals surface area (Å²) in [4.78, 5) is 91.3. The third-order valence-corrected chi connectivity index (χ3v) is 12.8. The molecular formula is C56H105N2O16P. The molecule has 0 aromatic carbocycles. The van der Waals surface area contributed by atoms with Crippen LogP contribution >= 0.6 is 7.82 Å². The fraction of sp³-hybridized carbons (Fsp3) is 0.893. The third-order valence-electron chi connectivity index (χ3n) is 11.9. The van der Waals surface area contributed by atoms with Crippen LogP contribution in [0.2, 0.25) is 0 Å². The molecular weight excluding hydrogens is 988 g/mol. The third kappa shape index (κ3) is 42.3. The zero-order valence-electron chi connectivity index (χ0n) is 48.8. The van der Waals surface area contributed by atoms with E-state index in [9.17, 15) is 38.2 Å². The van der Waals surface area contributed by atoms with Crippen LogP contribution < -0.4 is 0 Å². The Labute approximate surface area is 453 Å². The van der Waals surface area contributed by atoms with Gasteiger partial charge in [0.05, 0.1) is 26.1 Å². The molecule has 3 unspecified atom stereocenters. The minimum Gasteiger partial charge on any atom is -0.462 e. The van der Waals surface area contributed by atoms with Gasteiger partial charge in [-0.25, -0.2) is 14.2 Å². The molecule has 18 nitrogen and oxygen atoms in total. The summed E-state index contributed by atoms with van der Waals surface area (Å²) >= 11 is 0. The van der Waals surface area contributed by atoms with E-state index in [4.69, 9.17) is 37.5 Å². The first-order chi connectivity index (χ1) is 35.3. The Bertz CT molecular complexity index is 1610. The number of amides is 2. The Morgan fingerprint density at radius 2 is 0.707 bits per heavy atom. The predicted molar refractivity (Wildman–Crippen MR) is 291 cm³/mol. The summed E-state index contributed by atoms with van der Waals surface area (Å²) in [5.41, 5.74) is -1.56. The summed E-state index contributed by atoms with van der Waals surface area (Å²) in [6.07, 6.45) is 20.2. The number of phosphoric ester groups is 1. The molecule has 0 heterocycles. The molecule has 0 bridgehead atoms. The number of carbonyl (C=O) groups excluding carboxylic acids is 6. The number of rotatable bonds is 44. The second-order valence-corrected chi connectivity index (χ2v) is 23.7. The Hall–Kier alpha value is -3.47. The summed E-state index contributed by atoms with van der Waals surface area (Å²) < 4.78 is 56.9. The number of phosphoric acid groups is 1. The van der Waals surface area contributed by atoms with Crippen molar-refractivity contribution in [3.8, 4) is 0 Å². The van der Waals surface area contributed by atoms with Crippen molar-refractivity contribution >= 4 is 43.9 Å². The minimum atomic E-state index is -5.00. The van der Waals surface area contributed by atoms with Crippen molar-refractivity contribution in [2.45, 2.75) is 286 Å². The first-order valence-corrected chi connectivity index (χ1v) is 30.1. The smallest absolute Gasteiger partial charge is 0.462 e. The fourth-order valence-electron chi connectivity index (χ4n) is 7.68. The lowest BCUT2D eigenvalue weighted by Gasteiger charge is -2.30. The zero-order chi connectivity index (χ0) is 56.7. The van der Waals surface area contributed by atoms with Crippen LogP contribution in [-0.2, 0) is 61.2 Å². The van der Waals surface area contributed by atoms with Gasteiger partial charge >= 0.3 is 43.9 Å². The minimum absolute atomic E-state index is 0.0541. The van der Waals surface area contributed by atoms with Crippen LogP contribution in [0.5, 0.6) is 0 Å². The van der Waals surface area contributed by atoms with E-state index in [1.165, 1.54) is 93.3 Å². The molecule has 0 aliphatic heterocycles. The molecule has 0 fully saturated rings. The van der Waals surface area contributed by atoms with Gasteiger partial charge in [0.25, 0.3) is 0 Å². The monoisotopic (exact) mass is 1090 g/mol. The number of nitrogens with zero attached hydrogens (tertiary/aromatic N) is 2. The lowest BCUT2D eigenvalue weighted by atomic mass is 10.1. The molecule has 440 valence electrons. The van der Waals surface area contributed by atoms with Gasteiger partial charge in [-0.05, 0) is 82.1 Å². The number of hydrogen-bond donors (Lipinski definition) is 1. The first-order valence-electron chi connectivity index (χ1n) is 28.6.